The molecule has 0 atom stereocenters. The van der Waals surface area contributed by atoms with E-state index in [1.807, 2.05) is 18.5 Å². The highest BCUT2D eigenvalue weighted by Gasteiger charge is 2.05. The molecule has 0 aliphatic rings. The zero-order chi connectivity index (χ0) is 10.4. The molecule has 0 spiro atoms. The van der Waals surface area contributed by atoms with Gasteiger partial charge in [0.05, 0.1) is 11.6 Å². The first-order valence-electron chi connectivity index (χ1n) is 4.82. The van der Waals surface area contributed by atoms with Gasteiger partial charge in [0.2, 0.25) is 0 Å². The summed E-state index contributed by atoms with van der Waals surface area (Å²) in [5.74, 6) is 0.428. The molecule has 1 aromatic rings. The van der Waals surface area contributed by atoms with Crippen LogP contribution in [0.4, 0.5) is 0 Å². The Kier molecular flexibility index (Phi) is 4.90. The van der Waals surface area contributed by atoms with Gasteiger partial charge in [-0.1, -0.05) is 5.21 Å². The summed E-state index contributed by atoms with van der Waals surface area (Å²) in [5, 5.41) is 7.98. The molecule has 1 heterocycles. The molecule has 0 saturated carbocycles. The Morgan fingerprint density at radius 1 is 1.50 bits per heavy atom. The van der Waals surface area contributed by atoms with Gasteiger partial charge in [0.15, 0.2) is 0 Å². The van der Waals surface area contributed by atoms with Crippen molar-refractivity contribution < 1.29 is 4.74 Å². The number of nitrogens with zero attached hydrogens (tertiary/aromatic N) is 3. The van der Waals surface area contributed by atoms with Crippen LogP contribution in [-0.4, -0.2) is 28.2 Å². The van der Waals surface area contributed by atoms with Gasteiger partial charge in [0, 0.05) is 19.8 Å². The van der Waals surface area contributed by atoms with E-state index in [2.05, 4.69) is 10.3 Å². The molecule has 14 heavy (non-hydrogen) atoms. The number of hydrogen-bond donors (Lipinski definition) is 0. The molecule has 80 valence electrons. The summed E-state index contributed by atoms with van der Waals surface area (Å²) in [6, 6.07) is 0. The minimum Gasteiger partial charge on any atom is -0.382 e. The van der Waals surface area contributed by atoms with Crippen LogP contribution in [0.5, 0.6) is 0 Å². The average Bonchev–Trinajstić information content (AvgIpc) is 2.55. The maximum atomic E-state index is 5.69. The first-order chi connectivity index (χ1) is 6.79. The van der Waals surface area contributed by atoms with E-state index in [1.54, 1.807) is 0 Å². The zero-order valence-electron chi connectivity index (χ0n) is 8.66. The number of aryl methyl sites for hydroxylation is 1. The van der Waals surface area contributed by atoms with Gasteiger partial charge in [-0.2, -0.15) is 0 Å². The topological polar surface area (TPSA) is 39.9 Å². The summed E-state index contributed by atoms with van der Waals surface area (Å²) >= 11 is 5.69. The van der Waals surface area contributed by atoms with E-state index in [-0.39, 0.29) is 0 Å². The Morgan fingerprint density at radius 2 is 2.29 bits per heavy atom. The minimum absolute atomic E-state index is 0.428. The molecule has 0 saturated heterocycles. The Labute approximate surface area is 89.2 Å². The maximum Gasteiger partial charge on any atom is 0.100 e. The number of ether oxygens (including phenoxy) is 1. The van der Waals surface area contributed by atoms with Crippen molar-refractivity contribution in [1.29, 1.82) is 0 Å². The van der Waals surface area contributed by atoms with Crippen LogP contribution in [0.2, 0.25) is 0 Å². The van der Waals surface area contributed by atoms with E-state index in [9.17, 15) is 0 Å². The third kappa shape index (κ3) is 2.96. The van der Waals surface area contributed by atoms with Gasteiger partial charge in [-0.25, -0.2) is 4.68 Å². The van der Waals surface area contributed by atoms with Crippen LogP contribution in [0.25, 0.3) is 0 Å². The van der Waals surface area contributed by atoms with E-state index in [0.29, 0.717) is 5.88 Å². The van der Waals surface area contributed by atoms with Gasteiger partial charge < -0.3 is 4.74 Å². The van der Waals surface area contributed by atoms with Crippen molar-refractivity contribution in [1.82, 2.24) is 15.0 Å². The first-order valence-corrected chi connectivity index (χ1v) is 5.35. The maximum absolute atomic E-state index is 5.69. The Bertz CT molecular complexity index is 275. The second kappa shape index (κ2) is 5.98. The lowest BCUT2D eigenvalue weighted by Crippen LogP contribution is -2.06. The average molecular weight is 218 g/mol. The van der Waals surface area contributed by atoms with Gasteiger partial charge >= 0.3 is 0 Å². The van der Waals surface area contributed by atoms with Crippen molar-refractivity contribution in [2.75, 3.05) is 13.2 Å². The molecule has 0 radical (unpaired) electrons. The molecule has 0 aliphatic carbocycles. The number of rotatable bonds is 6. The van der Waals surface area contributed by atoms with E-state index >= 15 is 0 Å². The fourth-order valence-corrected chi connectivity index (χ4v) is 1.44. The number of hydrogen-bond acceptors (Lipinski definition) is 3. The molecule has 0 fully saturated rings. The predicted molar refractivity (Wildman–Crippen MR) is 55.4 cm³/mol. The molecule has 0 amide bonds. The first kappa shape index (κ1) is 11.5. The van der Waals surface area contributed by atoms with Crippen LogP contribution in [0.15, 0.2) is 0 Å². The molecule has 0 N–H and O–H groups in total. The molecular formula is C9H16ClN3O. The molecule has 1 aromatic heterocycles. The highest BCUT2D eigenvalue weighted by molar-refractivity contribution is 6.16. The molecule has 5 heteroatoms. The monoisotopic (exact) mass is 217 g/mol. The van der Waals surface area contributed by atoms with E-state index in [1.165, 1.54) is 0 Å². The SMILES string of the molecule is CCOCCCn1nnc(CCl)c1C. The molecular weight excluding hydrogens is 202 g/mol. The molecule has 4 nitrogen and oxygen atoms in total. The lowest BCUT2D eigenvalue weighted by Gasteiger charge is -2.03. The van der Waals surface area contributed by atoms with Gasteiger partial charge in [-0.15, -0.1) is 16.7 Å². The van der Waals surface area contributed by atoms with Crippen LogP contribution in [0.3, 0.4) is 0 Å². The summed E-state index contributed by atoms with van der Waals surface area (Å²) in [6.45, 7) is 6.36. The Balaban J connectivity index is 2.39. The summed E-state index contributed by atoms with van der Waals surface area (Å²) in [4.78, 5) is 0. The van der Waals surface area contributed by atoms with Crippen molar-refractivity contribution >= 4 is 11.6 Å². The number of halogens is 1. The molecule has 0 aliphatic heterocycles. The van der Waals surface area contributed by atoms with Crippen LogP contribution in [0.1, 0.15) is 24.7 Å². The van der Waals surface area contributed by atoms with Gasteiger partial charge in [-0.05, 0) is 20.3 Å². The lowest BCUT2D eigenvalue weighted by molar-refractivity contribution is 0.140. The predicted octanol–water partition coefficient (Wildman–Crippen LogP) is 1.75. The van der Waals surface area contributed by atoms with E-state index < -0.39 is 0 Å². The fraction of sp³-hybridized carbons (Fsp3) is 0.778. The number of aromatic nitrogens is 3. The third-order valence-electron chi connectivity index (χ3n) is 2.07. The highest BCUT2D eigenvalue weighted by atomic mass is 35.5. The molecule has 1 rings (SSSR count). The molecule has 0 aromatic carbocycles. The highest BCUT2D eigenvalue weighted by Crippen LogP contribution is 2.06. The van der Waals surface area contributed by atoms with Crippen molar-refractivity contribution in [3.63, 3.8) is 0 Å². The quantitative estimate of drug-likeness (QED) is 0.539. The second-order valence-corrected chi connectivity index (χ2v) is 3.30. The third-order valence-corrected chi connectivity index (χ3v) is 2.32. The van der Waals surface area contributed by atoms with Gasteiger partial charge in [-0.3, -0.25) is 0 Å². The fourth-order valence-electron chi connectivity index (χ4n) is 1.19. The van der Waals surface area contributed by atoms with Crippen molar-refractivity contribution in [2.24, 2.45) is 0 Å². The summed E-state index contributed by atoms with van der Waals surface area (Å²) in [5.41, 5.74) is 1.92. The van der Waals surface area contributed by atoms with Crippen LogP contribution in [-0.2, 0) is 17.2 Å². The number of alkyl halides is 1. The smallest absolute Gasteiger partial charge is 0.100 e. The van der Waals surface area contributed by atoms with Crippen molar-refractivity contribution in [2.45, 2.75) is 32.7 Å². The van der Waals surface area contributed by atoms with E-state index in [4.69, 9.17) is 16.3 Å². The van der Waals surface area contributed by atoms with E-state index in [0.717, 1.165) is 37.6 Å². The summed E-state index contributed by atoms with van der Waals surface area (Å²) in [7, 11) is 0. The Morgan fingerprint density at radius 3 is 2.86 bits per heavy atom. The van der Waals surface area contributed by atoms with Crippen molar-refractivity contribution in [3.8, 4) is 0 Å². The lowest BCUT2D eigenvalue weighted by atomic mass is 10.3. The largest absolute Gasteiger partial charge is 0.382 e. The summed E-state index contributed by atoms with van der Waals surface area (Å²) in [6.07, 6.45) is 0.958. The van der Waals surface area contributed by atoms with Crippen LogP contribution >= 0.6 is 11.6 Å². The normalized spacial score (nSPS) is 10.8. The van der Waals surface area contributed by atoms with Crippen LogP contribution < -0.4 is 0 Å². The zero-order valence-corrected chi connectivity index (χ0v) is 9.42. The molecule has 0 unspecified atom stereocenters. The van der Waals surface area contributed by atoms with Crippen molar-refractivity contribution in [3.05, 3.63) is 11.4 Å². The second-order valence-electron chi connectivity index (χ2n) is 3.03. The Hall–Kier alpha value is -0.610. The van der Waals surface area contributed by atoms with Crippen LogP contribution in [0, 0.1) is 6.92 Å². The minimum atomic E-state index is 0.428. The van der Waals surface area contributed by atoms with Gasteiger partial charge in [0.25, 0.3) is 0 Å². The summed E-state index contributed by atoms with van der Waals surface area (Å²) < 4.78 is 7.11. The molecule has 0 bridgehead atoms. The van der Waals surface area contributed by atoms with Gasteiger partial charge in [0.1, 0.15) is 5.69 Å². The standard InChI is InChI=1S/C9H16ClN3O/c1-3-14-6-4-5-13-8(2)9(7-10)11-12-13/h3-7H2,1-2H3.